The SMILES string of the molecule is CC(C)S(=O)(=O)N[C@H]1CCC[C@]1(O)c1ccc(OCc2ccccc2)cc1. The maximum absolute atomic E-state index is 12.2. The Balaban J connectivity index is 1.71. The van der Waals surface area contributed by atoms with E-state index in [9.17, 15) is 13.5 Å². The topological polar surface area (TPSA) is 75.6 Å². The molecule has 0 heterocycles. The zero-order chi connectivity index (χ0) is 19.5. The van der Waals surface area contributed by atoms with Gasteiger partial charge in [0.15, 0.2) is 0 Å². The highest BCUT2D eigenvalue weighted by Crippen LogP contribution is 2.40. The highest BCUT2D eigenvalue weighted by Gasteiger charge is 2.44. The number of benzene rings is 2. The van der Waals surface area contributed by atoms with Crippen molar-refractivity contribution in [3.8, 4) is 5.75 Å². The number of ether oxygens (including phenoxy) is 1. The van der Waals surface area contributed by atoms with Gasteiger partial charge in [-0.1, -0.05) is 42.5 Å². The van der Waals surface area contributed by atoms with Crippen LogP contribution in [0.25, 0.3) is 0 Å². The molecule has 0 radical (unpaired) electrons. The Kier molecular flexibility index (Phi) is 5.89. The quantitative estimate of drug-likeness (QED) is 0.762. The van der Waals surface area contributed by atoms with Gasteiger partial charge < -0.3 is 9.84 Å². The van der Waals surface area contributed by atoms with Crippen molar-refractivity contribution in [2.24, 2.45) is 0 Å². The molecule has 6 heteroatoms. The Hall–Kier alpha value is -1.89. The van der Waals surface area contributed by atoms with Gasteiger partial charge in [0.1, 0.15) is 18.0 Å². The van der Waals surface area contributed by atoms with Crippen molar-refractivity contribution >= 4 is 10.0 Å². The fourth-order valence-electron chi connectivity index (χ4n) is 3.41. The first kappa shape index (κ1) is 19.9. The molecule has 0 bridgehead atoms. The van der Waals surface area contributed by atoms with Crippen LogP contribution in [0.15, 0.2) is 54.6 Å². The third-order valence-electron chi connectivity index (χ3n) is 5.16. The Labute approximate surface area is 161 Å². The standard InChI is InChI=1S/C21H27NO4S/c1-16(2)27(24,25)22-20-9-6-14-21(20,23)18-10-12-19(13-11-18)26-15-17-7-4-3-5-8-17/h3-5,7-8,10-13,16,20,22-23H,6,9,14-15H2,1-2H3/t20-,21-/m0/s1. The molecule has 3 rings (SSSR count). The molecule has 2 N–H and O–H groups in total. The zero-order valence-electron chi connectivity index (χ0n) is 15.8. The third kappa shape index (κ3) is 4.51. The molecular formula is C21H27NO4S. The molecule has 1 fully saturated rings. The molecule has 2 atom stereocenters. The minimum atomic E-state index is -3.44. The summed E-state index contributed by atoms with van der Waals surface area (Å²) < 4.78 is 33.0. The molecule has 0 saturated heterocycles. The van der Waals surface area contributed by atoms with Crippen molar-refractivity contribution in [3.63, 3.8) is 0 Å². The van der Waals surface area contributed by atoms with E-state index in [4.69, 9.17) is 4.74 Å². The van der Waals surface area contributed by atoms with Crippen LogP contribution in [-0.2, 0) is 22.2 Å². The highest BCUT2D eigenvalue weighted by molar-refractivity contribution is 7.90. The molecule has 2 aromatic carbocycles. The van der Waals surface area contributed by atoms with Crippen molar-refractivity contribution in [1.29, 1.82) is 0 Å². The van der Waals surface area contributed by atoms with Crippen molar-refractivity contribution < 1.29 is 18.3 Å². The van der Waals surface area contributed by atoms with Gasteiger partial charge in [-0.2, -0.15) is 0 Å². The molecule has 0 amide bonds. The van der Waals surface area contributed by atoms with E-state index in [1.807, 2.05) is 54.6 Å². The normalized spacial score (nSPS) is 22.9. The molecule has 1 saturated carbocycles. The predicted octanol–water partition coefficient (Wildman–Crippen LogP) is 3.33. The summed E-state index contributed by atoms with van der Waals surface area (Å²) in [5, 5.41) is 10.7. The maximum Gasteiger partial charge on any atom is 0.214 e. The summed E-state index contributed by atoms with van der Waals surface area (Å²) in [6.45, 7) is 3.74. The van der Waals surface area contributed by atoms with Crippen LogP contribution in [0.1, 0.15) is 44.2 Å². The van der Waals surface area contributed by atoms with Crippen LogP contribution in [0.2, 0.25) is 0 Å². The average molecular weight is 390 g/mol. The summed E-state index contributed by atoms with van der Waals surface area (Å²) in [6, 6.07) is 16.7. The summed E-state index contributed by atoms with van der Waals surface area (Å²) in [4.78, 5) is 0. The van der Waals surface area contributed by atoms with Crippen LogP contribution >= 0.6 is 0 Å². The van der Waals surface area contributed by atoms with Crippen LogP contribution in [-0.4, -0.2) is 24.8 Å². The Bertz CT molecular complexity index is 850. The van der Waals surface area contributed by atoms with E-state index < -0.39 is 26.9 Å². The van der Waals surface area contributed by atoms with E-state index in [2.05, 4.69) is 4.72 Å². The monoisotopic (exact) mass is 389 g/mol. The molecule has 0 spiro atoms. The number of rotatable bonds is 7. The highest BCUT2D eigenvalue weighted by atomic mass is 32.2. The van der Waals surface area contributed by atoms with E-state index in [0.29, 0.717) is 30.8 Å². The lowest BCUT2D eigenvalue weighted by atomic mass is 9.89. The molecule has 0 unspecified atom stereocenters. The van der Waals surface area contributed by atoms with Gasteiger partial charge in [-0.05, 0) is 56.4 Å². The second-order valence-corrected chi connectivity index (χ2v) is 9.65. The fourth-order valence-corrected chi connectivity index (χ4v) is 4.39. The van der Waals surface area contributed by atoms with Crippen LogP contribution < -0.4 is 9.46 Å². The van der Waals surface area contributed by atoms with Gasteiger partial charge in [-0.25, -0.2) is 13.1 Å². The first-order valence-corrected chi connectivity index (χ1v) is 10.9. The van der Waals surface area contributed by atoms with E-state index in [0.717, 1.165) is 12.0 Å². The summed E-state index contributed by atoms with van der Waals surface area (Å²) in [6.07, 6.45) is 1.92. The summed E-state index contributed by atoms with van der Waals surface area (Å²) >= 11 is 0. The van der Waals surface area contributed by atoms with E-state index in [-0.39, 0.29) is 0 Å². The second-order valence-electron chi connectivity index (χ2n) is 7.38. The first-order chi connectivity index (χ1) is 12.8. The fraction of sp³-hybridized carbons (Fsp3) is 0.429. The molecule has 27 heavy (non-hydrogen) atoms. The van der Waals surface area contributed by atoms with Crippen LogP contribution in [0.5, 0.6) is 5.75 Å². The Morgan fingerprint density at radius 2 is 1.81 bits per heavy atom. The largest absolute Gasteiger partial charge is 0.489 e. The molecule has 146 valence electrons. The first-order valence-electron chi connectivity index (χ1n) is 9.32. The number of sulfonamides is 1. The van der Waals surface area contributed by atoms with E-state index >= 15 is 0 Å². The van der Waals surface area contributed by atoms with Gasteiger partial charge in [-0.3, -0.25) is 0 Å². The average Bonchev–Trinajstić information content (AvgIpc) is 3.02. The maximum atomic E-state index is 12.2. The lowest BCUT2D eigenvalue weighted by Gasteiger charge is -2.31. The smallest absolute Gasteiger partial charge is 0.214 e. The number of aliphatic hydroxyl groups is 1. The van der Waals surface area contributed by atoms with Crippen LogP contribution in [0.3, 0.4) is 0 Å². The van der Waals surface area contributed by atoms with Crippen LogP contribution in [0, 0.1) is 0 Å². The molecule has 2 aromatic rings. The van der Waals surface area contributed by atoms with Gasteiger partial charge >= 0.3 is 0 Å². The van der Waals surface area contributed by atoms with Gasteiger partial charge in [0.25, 0.3) is 0 Å². The predicted molar refractivity (Wildman–Crippen MR) is 106 cm³/mol. The van der Waals surface area contributed by atoms with Gasteiger partial charge in [-0.15, -0.1) is 0 Å². The Morgan fingerprint density at radius 1 is 1.15 bits per heavy atom. The van der Waals surface area contributed by atoms with E-state index in [1.54, 1.807) is 13.8 Å². The molecular weight excluding hydrogens is 362 g/mol. The summed E-state index contributed by atoms with van der Waals surface area (Å²) in [7, 11) is -3.44. The van der Waals surface area contributed by atoms with Gasteiger partial charge in [0.2, 0.25) is 10.0 Å². The van der Waals surface area contributed by atoms with Crippen molar-refractivity contribution in [3.05, 3.63) is 65.7 Å². The molecule has 0 aromatic heterocycles. The minimum Gasteiger partial charge on any atom is -0.489 e. The molecule has 1 aliphatic rings. The minimum absolute atomic E-state index is 0.473. The molecule has 1 aliphatic carbocycles. The number of hydrogen-bond acceptors (Lipinski definition) is 4. The zero-order valence-corrected chi connectivity index (χ0v) is 16.6. The summed E-state index contributed by atoms with van der Waals surface area (Å²) in [5.74, 6) is 0.712. The van der Waals surface area contributed by atoms with Crippen molar-refractivity contribution in [2.45, 2.75) is 56.6 Å². The molecule has 5 nitrogen and oxygen atoms in total. The van der Waals surface area contributed by atoms with Gasteiger partial charge in [0, 0.05) is 0 Å². The van der Waals surface area contributed by atoms with Crippen molar-refractivity contribution in [1.82, 2.24) is 4.72 Å². The van der Waals surface area contributed by atoms with E-state index in [1.165, 1.54) is 0 Å². The second kappa shape index (κ2) is 8.00. The van der Waals surface area contributed by atoms with Crippen molar-refractivity contribution in [2.75, 3.05) is 0 Å². The number of nitrogens with one attached hydrogen (secondary N) is 1. The lowest BCUT2D eigenvalue weighted by molar-refractivity contribution is 0.0230. The van der Waals surface area contributed by atoms with Gasteiger partial charge in [0.05, 0.1) is 11.3 Å². The lowest BCUT2D eigenvalue weighted by Crippen LogP contribution is -2.48. The Morgan fingerprint density at radius 3 is 2.44 bits per heavy atom. The third-order valence-corrected chi connectivity index (χ3v) is 7.01. The summed E-state index contributed by atoms with van der Waals surface area (Å²) in [5.41, 5.74) is 0.600. The molecule has 0 aliphatic heterocycles. The number of hydrogen-bond donors (Lipinski definition) is 2. The van der Waals surface area contributed by atoms with Crippen LogP contribution in [0.4, 0.5) is 0 Å².